The second-order valence-electron chi connectivity index (χ2n) is 4.98. The number of ketones is 1. The zero-order valence-electron chi connectivity index (χ0n) is 10.4. The first-order valence-electron chi connectivity index (χ1n) is 6.41. The van der Waals surface area contributed by atoms with E-state index in [-0.39, 0.29) is 5.92 Å². The minimum atomic E-state index is 0.158. The van der Waals surface area contributed by atoms with E-state index in [4.69, 9.17) is 5.73 Å². The van der Waals surface area contributed by atoms with Gasteiger partial charge in [-0.1, -0.05) is 12.8 Å². The van der Waals surface area contributed by atoms with E-state index >= 15 is 0 Å². The monoisotopic (exact) mass is 235 g/mol. The molecule has 1 aliphatic carbocycles. The topological polar surface area (TPSA) is 60.9 Å². The van der Waals surface area contributed by atoms with Crippen molar-refractivity contribution >= 4 is 5.78 Å². The Labute approximate surface area is 102 Å². The maximum absolute atomic E-state index is 12.3. The normalized spacial score (nSPS) is 24.8. The molecule has 2 rings (SSSR count). The number of aryl methyl sites for hydroxylation is 1. The molecule has 1 heterocycles. The van der Waals surface area contributed by atoms with Gasteiger partial charge in [-0.15, -0.1) is 0 Å². The SMILES string of the molecule is Cn1ccnc1CC(=O)C1CCCCC1CN. The molecule has 2 atom stereocenters. The molecule has 1 aromatic heterocycles. The predicted octanol–water partition coefficient (Wildman–Crippen LogP) is 1.30. The molecule has 94 valence electrons. The third-order valence-corrected chi connectivity index (χ3v) is 3.88. The molecule has 1 fully saturated rings. The molecular formula is C13H21N3O. The van der Waals surface area contributed by atoms with Crippen LogP contribution >= 0.6 is 0 Å². The van der Waals surface area contributed by atoms with Crippen molar-refractivity contribution < 1.29 is 4.79 Å². The minimum Gasteiger partial charge on any atom is -0.338 e. The number of hydrogen-bond donors (Lipinski definition) is 1. The summed E-state index contributed by atoms with van der Waals surface area (Å²) in [7, 11) is 1.93. The van der Waals surface area contributed by atoms with E-state index in [1.165, 1.54) is 6.42 Å². The van der Waals surface area contributed by atoms with Crippen LogP contribution in [0.5, 0.6) is 0 Å². The van der Waals surface area contributed by atoms with E-state index in [0.717, 1.165) is 25.1 Å². The van der Waals surface area contributed by atoms with Gasteiger partial charge in [-0.2, -0.15) is 0 Å². The number of Topliss-reactive ketones (excluding diaryl/α,β-unsaturated/α-hetero) is 1. The number of nitrogens with two attached hydrogens (primary N) is 1. The van der Waals surface area contributed by atoms with Crippen LogP contribution < -0.4 is 5.73 Å². The van der Waals surface area contributed by atoms with E-state index in [1.807, 2.05) is 17.8 Å². The van der Waals surface area contributed by atoms with E-state index in [2.05, 4.69) is 4.98 Å². The summed E-state index contributed by atoms with van der Waals surface area (Å²) in [6.07, 6.45) is 8.55. The molecule has 0 spiro atoms. The van der Waals surface area contributed by atoms with E-state index in [0.29, 0.717) is 24.7 Å². The molecule has 0 radical (unpaired) electrons. The molecule has 4 heteroatoms. The van der Waals surface area contributed by atoms with Crippen LogP contribution in [0, 0.1) is 11.8 Å². The van der Waals surface area contributed by atoms with Crippen LogP contribution in [0.1, 0.15) is 31.5 Å². The molecule has 0 saturated heterocycles. The molecular weight excluding hydrogens is 214 g/mol. The highest BCUT2D eigenvalue weighted by Crippen LogP contribution is 2.30. The van der Waals surface area contributed by atoms with Gasteiger partial charge in [0.05, 0.1) is 6.42 Å². The molecule has 0 amide bonds. The van der Waals surface area contributed by atoms with Crippen molar-refractivity contribution in [3.63, 3.8) is 0 Å². The zero-order chi connectivity index (χ0) is 12.3. The van der Waals surface area contributed by atoms with Gasteiger partial charge in [0, 0.05) is 25.4 Å². The third-order valence-electron chi connectivity index (χ3n) is 3.88. The summed E-state index contributed by atoms with van der Waals surface area (Å²) in [5.41, 5.74) is 5.76. The Bertz CT molecular complexity index is 386. The zero-order valence-corrected chi connectivity index (χ0v) is 10.4. The van der Waals surface area contributed by atoms with E-state index in [9.17, 15) is 4.79 Å². The summed E-state index contributed by atoms with van der Waals surface area (Å²) in [4.78, 5) is 16.5. The third kappa shape index (κ3) is 2.75. The molecule has 0 aliphatic heterocycles. The Morgan fingerprint density at radius 1 is 1.53 bits per heavy atom. The number of carbonyl (C=O) groups excluding carboxylic acids is 1. The highest BCUT2D eigenvalue weighted by molar-refractivity contribution is 5.83. The maximum atomic E-state index is 12.3. The molecule has 1 aromatic rings. The summed E-state index contributed by atoms with van der Waals surface area (Å²) in [6.45, 7) is 0.636. The fourth-order valence-electron chi connectivity index (χ4n) is 2.77. The number of carbonyl (C=O) groups is 1. The maximum Gasteiger partial charge on any atom is 0.143 e. The predicted molar refractivity (Wildman–Crippen MR) is 66.4 cm³/mol. The summed E-state index contributed by atoms with van der Waals surface area (Å²) in [6, 6.07) is 0. The van der Waals surface area contributed by atoms with Gasteiger partial charge in [-0.3, -0.25) is 4.79 Å². The van der Waals surface area contributed by atoms with Crippen LogP contribution in [0.15, 0.2) is 12.4 Å². The number of rotatable bonds is 4. The highest BCUT2D eigenvalue weighted by atomic mass is 16.1. The quantitative estimate of drug-likeness (QED) is 0.855. The van der Waals surface area contributed by atoms with Crippen LogP contribution in [0.2, 0.25) is 0 Å². The second-order valence-corrected chi connectivity index (χ2v) is 4.98. The second kappa shape index (κ2) is 5.45. The fourth-order valence-corrected chi connectivity index (χ4v) is 2.77. The lowest BCUT2D eigenvalue weighted by atomic mass is 9.76. The van der Waals surface area contributed by atoms with Crippen molar-refractivity contribution in [1.29, 1.82) is 0 Å². The van der Waals surface area contributed by atoms with Gasteiger partial charge >= 0.3 is 0 Å². The van der Waals surface area contributed by atoms with Crippen molar-refractivity contribution in [3.8, 4) is 0 Å². The van der Waals surface area contributed by atoms with Crippen LogP contribution in [0.3, 0.4) is 0 Å². The van der Waals surface area contributed by atoms with E-state index < -0.39 is 0 Å². The van der Waals surface area contributed by atoms with Crippen molar-refractivity contribution in [1.82, 2.24) is 9.55 Å². The molecule has 2 N–H and O–H groups in total. The van der Waals surface area contributed by atoms with Gasteiger partial charge in [-0.05, 0) is 25.3 Å². The molecule has 0 bridgehead atoms. The van der Waals surface area contributed by atoms with Crippen LogP contribution in [0.4, 0.5) is 0 Å². The fraction of sp³-hybridized carbons (Fsp3) is 0.692. The molecule has 0 aromatic carbocycles. The molecule has 17 heavy (non-hydrogen) atoms. The largest absolute Gasteiger partial charge is 0.338 e. The van der Waals surface area contributed by atoms with Crippen molar-refractivity contribution in [3.05, 3.63) is 18.2 Å². The molecule has 4 nitrogen and oxygen atoms in total. The summed E-state index contributed by atoms with van der Waals surface area (Å²) in [5.74, 6) is 1.72. The molecule has 1 aliphatic rings. The summed E-state index contributed by atoms with van der Waals surface area (Å²) < 4.78 is 1.91. The van der Waals surface area contributed by atoms with Gasteiger partial charge < -0.3 is 10.3 Å². The lowest BCUT2D eigenvalue weighted by molar-refractivity contribution is -0.124. The Kier molecular flexibility index (Phi) is 3.94. The standard InChI is InChI=1S/C13H21N3O/c1-16-7-6-15-13(16)8-12(17)11-5-3-2-4-10(11)9-14/h6-7,10-11H,2-5,8-9,14H2,1H3. The molecule has 1 saturated carbocycles. The van der Waals surface area contributed by atoms with Crippen molar-refractivity contribution in [2.75, 3.05) is 6.54 Å². The van der Waals surface area contributed by atoms with Crippen molar-refractivity contribution in [2.45, 2.75) is 32.1 Å². The smallest absolute Gasteiger partial charge is 0.143 e. The lowest BCUT2D eigenvalue weighted by Crippen LogP contribution is -2.33. The highest BCUT2D eigenvalue weighted by Gasteiger charge is 2.30. The number of nitrogens with zero attached hydrogens (tertiary/aromatic N) is 2. The van der Waals surface area contributed by atoms with Gasteiger partial charge in [0.1, 0.15) is 11.6 Å². The van der Waals surface area contributed by atoms with Gasteiger partial charge in [0.25, 0.3) is 0 Å². The van der Waals surface area contributed by atoms with Crippen molar-refractivity contribution in [2.24, 2.45) is 24.6 Å². The Balaban J connectivity index is 2.01. The summed E-state index contributed by atoms with van der Waals surface area (Å²) >= 11 is 0. The molecule has 2 unspecified atom stereocenters. The first-order chi connectivity index (χ1) is 8.22. The first kappa shape index (κ1) is 12.3. The van der Waals surface area contributed by atoms with Crippen LogP contribution in [-0.4, -0.2) is 21.9 Å². The van der Waals surface area contributed by atoms with Crippen LogP contribution in [0.25, 0.3) is 0 Å². The lowest BCUT2D eigenvalue weighted by Gasteiger charge is -2.29. The van der Waals surface area contributed by atoms with Crippen LogP contribution in [-0.2, 0) is 18.3 Å². The number of imidazole rings is 1. The Hall–Kier alpha value is -1.16. The Morgan fingerprint density at radius 2 is 2.29 bits per heavy atom. The first-order valence-corrected chi connectivity index (χ1v) is 6.41. The average Bonchev–Trinajstić information content (AvgIpc) is 2.75. The van der Waals surface area contributed by atoms with E-state index in [1.54, 1.807) is 6.20 Å². The number of hydrogen-bond acceptors (Lipinski definition) is 3. The minimum absolute atomic E-state index is 0.158. The van der Waals surface area contributed by atoms with Gasteiger partial charge in [0.2, 0.25) is 0 Å². The Morgan fingerprint density at radius 3 is 2.94 bits per heavy atom. The van der Waals surface area contributed by atoms with Gasteiger partial charge in [-0.25, -0.2) is 4.98 Å². The average molecular weight is 235 g/mol. The number of aromatic nitrogens is 2. The summed E-state index contributed by atoms with van der Waals surface area (Å²) in [5, 5.41) is 0. The van der Waals surface area contributed by atoms with Gasteiger partial charge in [0.15, 0.2) is 0 Å².